The van der Waals surface area contributed by atoms with Crippen molar-refractivity contribution in [1.29, 1.82) is 0 Å². The lowest BCUT2D eigenvalue weighted by Gasteiger charge is -2.28. The van der Waals surface area contributed by atoms with Gasteiger partial charge in [-0.25, -0.2) is 13.4 Å². The van der Waals surface area contributed by atoms with Crippen molar-refractivity contribution in [2.45, 2.75) is 25.9 Å². The first kappa shape index (κ1) is 16.6. The molecular weight excluding hydrogens is 326 g/mol. The average Bonchev–Trinajstić information content (AvgIpc) is 2.95. The standard InChI is InChI=1S/C16H21N5O2S/c1-2-21(14-6-10-24(22,23)12-14)15-5-9-18-16(20-15)19-11-13-3-7-17-8-4-13/h3-5,7-9,14H,2,6,10-12H2,1H3,(H,18,19,20). The van der Waals surface area contributed by atoms with Crippen LogP contribution < -0.4 is 10.2 Å². The highest BCUT2D eigenvalue weighted by atomic mass is 32.2. The van der Waals surface area contributed by atoms with E-state index in [2.05, 4.69) is 20.3 Å². The molecule has 0 saturated carbocycles. The lowest BCUT2D eigenvalue weighted by molar-refractivity contribution is 0.599. The van der Waals surface area contributed by atoms with E-state index in [4.69, 9.17) is 0 Å². The number of aromatic nitrogens is 3. The minimum absolute atomic E-state index is 0.0112. The second-order valence-electron chi connectivity index (χ2n) is 5.79. The molecule has 1 aliphatic heterocycles. The van der Waals surface area contributed by atoms with Gasteiger partial charge in [-0.05, 0) is 37.1 Å². The Kier molecular flexibility index (Phi) is 4.94. The fraction of sp³-hybridized carbons (Fsp3) is 0.438. The third-order valence-electron chi connectivity index (χ3n) is 4.12. The van der Waals surface area contributed by atoms with Gasteiger partial charge in [0.05, 0.1) is 11.5 Å². The van der Waals surface area contributed by atoms with Crippen molar-refractivity contribution in [1.82, 2.24) is 15.0 Å². The summed E-state index contributed by atoms with van der Waals surface area (Å²) in [5.41, 5.74) is 1.09. The van der Waals surface area contributed by atoms with Crippen LogP contribution in [0.25, 0.3) is 0 Å². The third-order valence-corrected chi connectivity index (χ3v) is 5.88. The fourth-order valence-electron chi connectivity index (χ4n) is 2.90. The molecule has 1 unspecified atom stereocenters. The van der Waals surface area contributed by atoms with Crippen molar-refractivity contribution in [3.05, 3.63) is 42.4 Å². The van der Waals surface area contributed by atoms with Gasteiger partial charge >= 0.3 is 0 Å². The van der Waals surface area contributed by atoms with E-state index in [1.807, 2.05) is 30.0 Å². The van der Waals surface area contributed by atoms with E-state index >= 15 is 0 Å². The Morgan fingerprint density at radius 2 is 2.04 bits per heavy atom. The molecule has 0 aliphatic carbocycles. The van der Waals surface area contributed by atoms with Gasteiger partial charge in [0.25, 0.3) is 0 Å². The normalized spacial score (nSPS) is 19.1. The van der Waals surface area contributed by atoms with Crippen molar-refractivity contribution in [3.63, 3.8) is 0 Å². The topological polar surface area (TPSA) is 88.1 Å². The molecule has 3 heterocycles. The summed E-state index contributed by atoms with van der Waals surface area (Å²) in [6.45, 7) is 3.33. The van der Waals surface area contributed by atoms with Crippen LogP contribution in [0.4, 0.5) is 11.8 Å². The van der Waals surface area contributed by atoms with Crippen molar-refractivity contribution in [3.8, 4) is 0 Å². The zero-order valence-electron chi connectivity index (χ0n) is 13.6. The molecule has 1 saturated heterocycles. The summed E-state index contributed by atoms with van der Waals surface area (Å²) in [6, 6.07) is 5.67. The largest absolute Gasteiger partial charge is 0.353 e. The van der Waals surface area contributed by atoms with Crippen LogP contribution in [0.5, 0.6) is 0 Å². The number of nitrogens with zero attached hydrogens (tertiary/aromatic N) is 4. The molecule has 128 valence electrons. The predicted molar refractivity (Wildman–Crippen MR) is 93.7 cm³/mol. The van der Waals surface area contributed by atoms with Gasteiger partial charge in [0.15, 0.2) is 9.84 Å². The van der Waals surface area contributed by atoms with Crippen LogP contribution in [0, 0.1) is 0 Å². The SMILES string of the molecule is CCN(c1ccnc(NCc2ccncc2)n1)C1CCS(=O)(=O)C1. The molecule has 8 heteroatoms. The summed E-state index contributed by atoms with van der Waals surface area (Å²) in [5.74, 6) is 1.74. The Labute approximate surface area is 142 Å². The first-order chi connectivity index (χ1) is 11.6. The van der Waals surface area contributed by atoms with Gasteiger partial charge in [0.2, 0.25) is 5.95 Å². The lowest BCUT2D eigenvalue weighted by Crippen LogP contribution is -2.36. The monoisotopic (exact) mass is 347 g/mol. The highest BCUT2D eigenvalue weighted by molar-refractivity contribution is 7.91. The number of anilines is 2. The second-order valence-corrected chi connectivity index (χ2v) is 8.02. The van der Waals surface area contributed by atoms with Gasteiger partial charge in [-0.15, -0.1) is 0 Å². The van der Waals surface area contributed by atoms with Crippen molar-refractivity contribution in [2.75, 3.05) is 28.3 Å². The van der Waals surface area contributed by atoms with Gasteiger partial charge in [-0.1, -0.05) is 0 Å². The Hall–Kier alpha value is -2.22. The maximum atomic E-state index is 11.7. The zero-order chi connectivity index (χ0) is 17.0. The van der Waals surface area contributed by atoms with E-state index in [9.17, 15) is 8.42 Å². The summed E-state index contributed by atoms with van der Waals surface area (Å²) < 4.78 is 23.5. The minimum atomic E-state index is -2.92. The second kappa shape index (κ2) is 7.12. The number of rotatable bonds is 6. The predicted octanol–water partition coefficient (Wildman–Crippen LogP) is 1.50. The molecule has 3 rings (SSSR count). The molecule has 0 bridgehead atoms. The Morgan fingerprint density at radius 1 is 1.25 bits per heavy atom. The summed E-state index contributed by atoms with van der Waals surface area (Å²) >= 11 is 0. The molecule has 2 aromatic heterocycles. The van der Waals surface area contributed by atoms with E-state index in [-0.39, 0.29) is 17.5 Å². The number of hydrogen-bond donors (Lipinski definition) is 1. The van der Waals surface area contributed by atoms with Gasteiger partial charge in [-0.3, -0.25) is 4.98 Å². The smallest absolute Gasteiger partial charge is 0.224 e. The number of nitrogens with one attached hydrogen (secondary N) is 1. The Bertz CT molecular complexity index is 782. The molecular formula is C16H21N5O2S. The van der Waals surface area contributed by atoms with E-state index in [1.54, 1.807) is 18.6 Å². The molecule has 1 N–H and O–H groups in total. The fourth-order valence-corrected chi connectivity index (χ4v) is 4.64. The molecule has 0 aromatic carbocycles. The van der Waals surface area contributed by atoms with Crippen molar-refractivity contribution >= 4 is 21.6 Å². The highest BCUT2D eigenvalue weighted by Gasteiger charge is 2.32. The summed E-state index contributed by atoms with van der Waals surface area (Å²) in [6.07, 6.45) is 5.84. The maximum Gasteiger partial charge on any atom is 0.224 e. The van der Waals surface area contributed by atoms with Crippen LogP contribution in [0.1, 0.15) is 18.9 Å². The average molecular weight is 347 g/mol. The highest BCUT2D eigenvalue weighted by Crippen LogP contribution is 2.23. The first-order valence-electron chi connectivity index (χ1n) is 8.00. The lowest BCUT2D eigenvalue weighted by atomic mass is 10.2. The maximum absolute atomic E-state index is 11.7. The molecule has 1 aliphatic rings. The summed E-state index contributed by atoms with van der Waals surface area (Å²) in [7, 11) is -2.92. The molecule has 24 heavy (non-hydrogen) atoms. The van der Waals surface area contributed by atoms with Gasteiger partial charge < -0.3 is 10.2 Å². The first-order valence-corrected chi connectivity index (χ1v) is 9.82. The van der Waals surface area contributed by atoms with Crippen molar-refractivity contribution in [2.24, 2.45) is 0 Å². The van der Waals surface area contributed by atoms with E-state index in [0.29, 0.717) is 25.5 Å². The van der Waals surface area contributed by atoms with E-state index < -0.39 is 9.84 Å². The molecule has 0 spiro atoms. The third kappa shape index (κ3) is 4.00. The van der Waals surface area contributed by atoms with Gasteiger partial charge in [0, 0.05) is 37.7 Å². The molecule has 1 fully saturated rings. The summed E-state index contributed by atoms with van der Waals surface area (Å²) in [5, 5.41) is 3.19. The van der Waals surface area contributed by atoms with Gasteiger partial charge in [-0.2, -0.15) is 4.98 Å². The molecule has 7 nitrogen and oxygen atoms in total. The number of sulfone groups is 1. The van der Waals surface area contributed by atoms with E-state index in [1.165, 1.54) is 0 Å². The van der Waals surface area contributed by atoms with E-state index in [0.717, 1.165) is 11.4 Å². The van der Waals surface area contributed by atoms with Crippen LogP contribution in [0.2, 0.25) is 0 Å². The number of hydrogen-bond acceptors (Lipinski definition) is 7. The summed E-state index contributed by atoms with van der Waals surface area (Å²) in [4.78, 5) is 14.8. The molecule has 0 radical (unpaired) electrons. The minimum Gasteiger partial charge on any atom is -0.353 e. The van der Waals surface area contributed by atoms with Gasteiger partial charge in [0.1, 0.15) is 5.82 Å². The number of pyridine rings is 1. The quantitative estimate of drug-likeness (QED) is 0.847. The van der Waals surface area contributed by atoms with Crippen molar-refractivity contribution < 1.29 is 8.42 Å². The van der Waals surface area contributed by atoms with Crippen LogP contribution in [-0.4, -0.2) is 47.5 Å². The molecule has 0 amide bonds. The Balaban J connectivity index is 1.71. The van der Waals surface area contributed by atoms with Crippen LogP contribution in [0.3, 0.4) is 0 Å². The molecule has 1 atom stereocenters. The van der Waals surface area contributed by atoms with Crippen LogP contribution >= 0.6 is 0 Å². The Morgan fingerprint density at radius 3 is 2.71 bits per heavy atom. The molecule has 2 aromatic rings. The van der Waals surface area contributed by atoms with Crippen LogP contribution in [0.15, 0.2) is 36.8 Å². The van der Waals surface area contributed by atoms with Crippen LogP contribution in [-0.2, 0) is 16.4 Å². The zero-order valence-corrected chi connectivity index (χ0v) is 14.4.